The first-order valence-electron chi connectivity index (χ1n) is 13.1. The fourth-order valence-corrected chi connectivity index (χ4v) is 5.83. The summed E-state index contributed by atoms with van der Waals surface area (Å²) in [6.07, 6.45) is -0.759. The SMILES string of the molecule is CCCSc1nc(CC2C[C@@H]2c2ccc(F)c(F)c2)c2nnn(C3C[C@H](OCC(=O)OCC)[C@@H](O)[C@H]3O)c2n1. The van der Waals surface area contributed by atoms with E-state index >= 15 is 0 Å². The summed E-state index contributed by atoms with van der Waals surface area (Å²) in [6, 6.07) is 3.34. The molecule has 0 saturated heterocycles. The van der Waals surface area contributed by atoms with E-state index < -0.39 is 42.0 Å². The van der Waals surface area contributed by atoms with Gasteiger partial charge in [0.2, 0.25) is 0 Å². The third-order valence-corrected chi connectivity index (χ3v) is 8.25. The Kier molecular flexibility index (Phi) is 8.40. The molecule has 2 unspecified atom stereocenters. The lowest BCUT2D eigenvalue weighted by atomic mass is 10.1. The van der Waals surface area contributed by atoms with E-state index in [0.717, 1.165) is 30.2 Å². The van der Waals surface area contributed by atoms with E-state index in [1.54, 1.807) is 13.0 Å². The lowest BCUT2D eigenvalue weighted by Crippen LogP contribution is -2.34. The maximum atomic E-state index is 13.8. The normalized spacial score (nSPS) is 26.3. The van der Waals surface area contributed by atoms with Crippen LogP contribution in [0.15, 0.2) is 23.4 Å². The number of fused-ring (bicyclic) bond motifs is 1. The van der Waals surface area contributed by atoms with Crippen LogP contribution < -0.4 is 0 Å². The lowest BCUT2D eigenvalue weighted by Gasteiger charge is -2.17. The molecule has 3 aromatic rings. The molecule has 13 heteroatoms. The van der Waals surface area contributed by atoms with E-state index in [-0.39, 0.29) is 31.5 Å². The van der Waals surface area contributed by atoms with E-state index in [2.05, 4.69) is 22.2 Å². The first-order chi connectivity index (χ1) is 18.8. The molecule has 5 rings (SSSR count). The predicted molar refractivity (Wildman–Crippen MR) is 137 cm³/mol. The zero-order valence-electron chi connectivity index (χ0n) is 21.7. The van der Waals surface area contributed by atoms with E-state index in [1.807, 2.05) is 0 Å². The molecule has 0 aliphatic heterocycles. The minimum Gasteiger partial charge on any atom is -0.464 e. The van der Waals surface area contributed by atoms with Gasteiger partial charge in [0.15, 0.2) is 28.0 Å². The average molecular weight is 564 g/mol. The molecule has 10 nitrogen and oxygen atoms in total. The summed E-state index contributed by atoms with van der Waals surface area (Å²) >= 11 is 1.50. The van der Waals surface area contributed by atoms with Crippen molar-refractivity contribution in [1.82, 2.24) is 25.0 Å². The van der Waals surface area contributed by atoms with Crippen LogP contribution in [0.5, 0.6) is 0 Å². The summed E-state index contributed by atoms with van der Waals surface area (Å²) in [6.45, 7) is 3.63. The molecular weight excluding hydrogens is 532 g/mol. The Bertz CT molecular complexity index is 1340. The molecule has 2 heterocycles. The van der Waals surface area contributed by atoms with Gasteiger partial charge in [-0.1, -0.05) is 30.0 Å². The molecule has 2 aliphatic carbocycles. The predicted octanol–water partition coefficient (Wildman–Crippen LogP) is 2.96. The van der Waals surface area contributed by atoms with E-state index in [1.165, 1.54) is 22.5 Å². The fraction of sp³-hybridized carbons (Fsp3) is 0.577. The van der Waals surface area contributed by atoms with Crippen molar-refractivity contribution in [3.8, 4) is 0 Å². The number of rotatable bonds is 11. The third-order valence-electron chi connectivity index (χ3n) is 7.19. The number of ether oxygens (including phenoxy) is 2. The summed E-state index contributed by atoms with van der Waals surface area (Å²) in [5.41, 5.74) is 2.38. The first-order valence-corrected chi connectivity index (χ1v) is 14.1. The number of carbonyl (C=O) groups is 1. The molecule has 6 atom stereocenters. The number of hydrogen-bond donors (Lipinski definition) is 2. The zero-order valence-corrected chi connectivity index (χ0v) is 22.5. The molecule has 0 spiro atoms. The number of halogens is 2. The van der Waals surface area contributed by atoms with Gasteiger partial charge in [-0.3, -0.25) is 0 Å². The number of nitrogens with zero attached hydrogens (tertiary/aromatic N) is 5. The number of aliphatic hydroxyl groups excluding tert-OH is 2. The number of carbonyl (C=O) groups excluding carboxylic acids is 1. The van der Waals surface area contributed by atoms with E-state index in [9.17, 15) is 23.8 Å². The molecule has 2 N–H and O–H groups in total. The van der Waals surface area contributed by atoms with Crippen LogP contribution in [0.3, 0.4) is 0 Å². The molecule has 2 fully saturated rings. The van der Waals surface area contributed by atoms with Crippen molar-refractivity contribution in [3.05, 3.63) is 41.1 Å². The highest BCUT2D eigenvalue weighted by atomic mass is 32.2. The highest BCUT2D eigenvalue weighted by Gasteiger charge is 2.45. The molecule has 0 amide bonds. The number of thioether (sulfide) groups is 1. The van der Waals surface area contributed by atoms with Crippen molar-refractivity contribution in [1.29, 1.82) is 0 Å². The smallest absolute Gasteiger partial charge is 0.332 e. The highest BCUT2D eigenvalue weighted by molar-refractivity contribution is 7.99. The molecule has 39 heavy (non-hydrogen) atoms. The van der Waals surface area contributed by atoms with Gasteiger partial charge in [-0.25, -0.2) is 28.2 Å². The van der Waals surface area contributed by atoms with Crippen LogP contribution in [0, 0.1) is 17.6 Å². The van der Waals surface area contributed by atoms with Crippen LogP contribution in [-0.2, 0) is 20.7 Å². The van der Waals surface area contributed by atoms with Gasteiger partial charge in [-0.05, 0) is 55.7 Å². The maximum Gasteiger partial charge on any atom is 0.332 e. The molecule has 2 aliphatic rings. The largest absolute Gasteiger partial charge is 0.464 e. The van der Waals surface area contributed by atoms with Crippen molar-refractivity contribution in [2.45, 2.75) is 75.0 Å². The molecule has 1 aromatic carbocycles. The van der Waals surface area contributed by atoms with Crippen molar-refractivity contribution >= 4 is 28.9 Å². The van der Waals surface area contributed by atoms with Gasteiger partial charge in [-0.2, -0.15) is 0 Å². The second-order valence-electron chi connectivity index (χ2n) is 9.93. The van der Waals surface area contributed by atoms with Crippen LogP contribution in [0.1, 0.15) is 56.3 Å². The van der Waals surface area contributed by atoms with E-state index in [4.69, 9.17) is 14.5 Å². The van der Waals surface area contributed by atoms with Gasteiger partial charge >= 0.3 is 5.97 Å². The summed E-state index contributed by atoms with van der Waals surface area (Å²) in [5, 5.41) is 30.6. The summed E-state index contributed by atoms with van der Waals surface area (Å²) in [7, 11) is 0. The van der Waals surface area contributed by atoms with Crippen molar-refractivity contribution in [2.24, 2.45) is 5.92 Å². The first kappa shape index (κ1) is 27.8. The Hall–Kier alpha value is -2.74. The standard InChI is InChI=1S/C26H31F2N5O5S/c1-3-7-39-26-29-18(10-14-8-15(14)13-5-6-16(27)17(28)9-13)22-25(30-26)33(32-31-22)19-11-20(24(36)23(19)35)38-12-21(34)37-4-2/h5-6,9,14-15,19-20,23-24,35-36H,3-4,7-8,10-12H2,1-2H3/t14?,15-,19?,20+,23+,24-/m1/s1. The quantitative estimate of drug-likeness (QED) is 0.204. The molecule has 2 saturated carbocycles. The molecule has 0 radical (unpaired) electrons. The monoisotopic (exact) mass is 563 g/mol. The summed E-state index contributed by atoms with van der Waals surface area (Å²) in [4.78, 5) is 21.1. The molecular formula is C26H31F2N5O5S. The van der Waals surface area contributed by atoms with Crippen LogP contribution >= 0.6 is 11.8 Å². The number of benzene rings is 1. The third kappa shape index (κ3) is 5.91. The Labute approximate surface area is 228 Å². The summed E-state index contributed by atoms with van der Waals surface area (Å²) in [5.74, 6) is -1.19. The zero-order chi connectivity index (χ0) is 27.7. The van der Waals surface area contributed by atoms with E-state index in [0.29, 0.717) is 28.4 Å². The Morgan fingerprint density at radius 2 is 1.97 bits per heavy atom. The highest BCUT2D eigenvalue weighted by Crippen LogP contribution is 2.49. The lowest BCUT2D eigenvalue weighted by molar-refractivity contribution is -0.153. The number of aliphatic hydroxyl groups is 2. The second kappa shape index (κ2) is 11.8. The van der Waals surface area contributed by atoms with Crippen molar-refractivity contribution < 1.29 is 33.3 Å². The topological polar surface area (TPSA) is 132 Å². The minimum atomic E-state index is -1.23. The molecule has 2 aromatic heterocycles. The Morgan fingerprint density at radius 1 is 1.15 bits per heavy atom. The van der Waals surface area contributed by atoms with Crippen molar-refractivity contribution in [2.75, 3.05) is 19.0 Å². The Morgan fingerprint density at radius 3 is 2.72 bits per heavy atom. The van der Waals surface area contributed by atoms with Crippen LogP contribution in [-0.4, -0.2) is 78.4 Å². The molecule has 0 bridgehead atoms. The minimum absolute atomic E-state index is 0.0935. The number of aromatic nitrogens is 5. The van der Waals surface area contributed by atoms with Gasteiger partial charge in [0.1, 0.15) is 18.8 Å². The average Bonchev–Trinajstić information content (AvgIpc) is 3.46. The Balaban J connectivity index is 1.38. The van der Waals surface area contributed by atoms with Gasteiger partial charge in [0.25, 0.3) is 0 Å². The van der Waals surface area contributed by atoms with Crippen LogP contribution in [0.25, 0.3) is 11.2 Å². The van der Waals surface area contributed by atoms with Crippen LogP contribution in [0.4, 0.5) is 8.78 Å². The van der Waals surface area contributed by atoms with Gasteiger partial charge in [-0.15, -0.1) is 5.10 Å². The number of esters is 1. The van der Waals surface area contributed by atoms with Crippen molar-refractivity contribution in [3.63, 3.8) is 0 Å². The maximum absolute atomic E-state index is 13.8. The molecule has 210 valence electrons. The summed E-state index contributed by atoms with van der Waals surface area (Å²) < 4.78 is 39.1. The van der Waals surface area contributed by atoms with Gasteiger partial charge < -0.3 is 19.7 Å². The van der Waals surface area contributed by atoms with Crippen LogP contribution in [0.2, 0.25) is 0 Å². The second-order valence-corrected chi connectivity index (χ2v) is 11.0. The fourth-order valence-electron chi connectivity index (χ4n) is 5.11. The van der Waals surface area contributed by atoms with Gasteiger partial charge in [0, 0.05) is 12.2 Å². The van der Waals surface area contributed by atoms with Gasteiger partial charge in [0.05, 0.1) is 24.4 Å². The number of hydrogen-bond acceptors (Lipinski definition) is 10.